The van der Waals surface area contributed by atoms with E-state index in [1.165, 1.54) is 0 Å². The first-order chi connectivity index (χ1) is 7.40. The maximum absolute atomic E-state index is 5.70. The highest BCUT2D eigenvalue weighted by atomic mass is 35.5. The summed E-state index contributed by atoms with van der Waals surface area (Å²) < 4.78 is 5.44. The van der Waals surface area contributed by atoms with E-state index in [9.17, 15) is 0 Å². The molecule has 1 aromatic carbocycles. The van der Waals surface area contributed by atoms with Crippen molar-refractivity contribution >= 4 is 35.7 Å². The third-order valence-corrected chi connectivity index (χ3v) is 2.37. The summed E-state index contributed by atoms with van der Waals surface area (Å²) in [6.45, 7) is 2.36. The Kier molecular flexibility index (Phi) is 5.43. The van der Waals surface area contributed by atoms with Gasteiger partial charge < -0.3 is 9.64 Å². The van der Waals surface area contributed by atoms with Crippen molar-refractivity contribution in [2.24, 2.45) is 4.99 Å². The molecule has 0 amide bonds. The molecule has 0 N–H and O–H groups in total. The van der Waals surface area contributed by atoms with Crippen molar-refractivity contribution in [1.29, 1.82) is 0 Å². The second kappa shape index (κ2) is 6.61. The van der Waals surface area contributed by atoms with Crippen molar-refractivity contribution in [3.8, 4) is 0 Å². The van der Waals surface area contributed by atoms with E-state index in [2.05, 4.69) is 9.89 Å². The Labute approximate surface area is 106 Å². The Bertz CT molecular complexity index is 343. The maximum atomic E-state index is 5.70. The smallest absolute Gasteiger partial charge is 0.292 e. The summed E-state index contributed by atoms with van der Waals surface area (Å²) in [6, 6.07) is 10.5. The van der Waals surface area contributed by atoms with Gasteiger partial charge in [-0.1, -0.05) is 18.2 Å². The van der Waals surface area contributed by atoms with Crippen LogP contribution in [0, 0.1) is 0 Å². The molecule has 3 nitrogen and oxygen atoms in total. The molecule has 5 heteroatoms. The largest absolute Gasteiger partial charge is 0.463 e. The van der Waals surface area contributed by atoms with Crippen molar-refractivity contribution in [2.75, 3.05) is 25.6 Å². The van der Waals surface area contributed by atoms with Gasteiger partial charge in [-0.2, -0.15) is 4.99 Å². The molecule has 0 bridgehead atoms. The Balaban J connectivity index is 0.00000128. The lowest BCUT2D eigenvalue weighted by molar-refractivity contribution is 0.352. The Hall–Kier alpha value is -0.930. The molecule has 1 heterocycles. The van der Waals surface area contributed by atoms with Gasteiger partial charge in [-0.05, 0) is 12.1 Å². The molecule has 1 saturated heterocycles. The quantitative estimate of drug-likeness (QED) is 0.781. The second-order valence-electron chi connectivity index (χ2n) is 3.25. The van der Waals surface area contributed by atoms with Crippen LogP contribution >= 0.6 is 24.0 Å². The van der Waals surface area contributed by atoms with Crippen LogP contribution in [-0.4, -0.2) is 36.5 Å². The Morgan fingerprint density at radius 2 is 2.06 bits per heavy atom. The molecule has 1 aromatic rings. The van der Waals surface area contributed by atoms with Crippen molar-refractivity contribution < 1.29 is 4.74 Å². The van der Waals surface area contributed by atoms with Gasteiger partial charge in [0, 0.05) is 12.4 Å². The monoisotopic (exact) mass is 260 g/mol. The minimum atomic E-state index is 0. The lowest BCUT2D eigenvalue weighted by Gasteiger charge is -2.13. The van der Waals surface area contributed by atoms with Crippen LogP contribution in [0.4, 0.5) is 5.69 Å². The van der Waals surface area contributed by atoms with Gasteiger partial charge in [0.15, 0.2) is 0 Å². The molecule has 1 fully saturated rings. The van der Waals surface area contributed by atoms with Gasteiger partial charge in [0.1, 0.15) is 6.61 Å². The number of hydrogen-bond acceptors (Lipinski definition) is 2. The lowest BCUT2D eigenvalue weighted by Crippen LogP contribution is -2.27. The standard InChI is InChI=1S/C11H13ClN2O.ClH/c12-6-7-14-8-9-15-11(14)13-10-4-2-1-3-5-10;/h1-5H,6-9H2;1H. The molecule has 88 valence electrons. The maximum Gasteiger partial charge on any atom is 0.292 e. The van der Waals surface area contributed by atoms with E-state index in [1.807, 2.05) is 30.3 Å². The zero-order valence-corrected chi connectivity index (χ0v) is 10.4. The fourth-order valence-electron chi connectivity index (χ4n) is 1.46. The third kappa shape index (κ3) is 3.29. The minimum absolute atomic E-state index is 0. The number of aliphatic imine (C=N–C) groups is 1. The van der Waals surface area contributed by atoms with Gasteiger partial charge in [0.25, 0.3) is 6.02 Å². The van der Waals surface area contributed by atoms with E-state index in [-0.39, 0.29) is 12.4 Å². The molecule has 0 unspecified atom stereocenters. The second-order valence-corrected chi connectivity index (χ2v) is 3.63. The summed E-state index contributed by atoms with van der Waals surface area (Å²) in [5.74, 6) is 0.594. The number of halogens is 2. The number of rotatable bonds is 3. The van der Waals surface area contributed by atoms with Gasteiger partial charge in [0.2, 0.25) is 0 Å². The van der Waals surface area contributed by atoms with Crippen LogP contribution in [0.2, 0.25) is 0 Å². The summed E-state index contributed by atoms with van der Waals surface area (Å²) in [7, 11) is 0. The molecule has 0 saturated carbocycles. The summed E-state index contributed by atoms with van der Waals surface area (Å²) in [5.41, 5.74) is 0.911. The van der Waals surface area contributed by atoms with Crippen molar-refractivity contribution in [2.45, 2.75) is 0 Å². The molecule has 0 atom stereocenters. The van der Waals surface area contributed by atoms with Gasteiger partial charge in [-0.15, -0.1) is 24.0 Å². The van der Waals surface area contributed by atoms with Crippen LogP contribution in [0.5, 0.6) is 0 Å². The normalized spacial score (nSPS) is 17.1. The SMILES string of the molecule is Cl.ClCCN1CCOC1=Nc1ccccc1. The molecule has 0 aromatic heterocycles. The lowest BCUT2D eigenvalue weighted by atomic mass is 10.3. The van der Waals surface area contributed by atoms with Crippen LogP contribution in [0.15, 0.2) is 35.3 Å². The average Bonchev–Trinajstić information content (AvgIpc) is 2.68. The molecule has 2 rings (SSSR count). The molecule has 0 spiro atoms. The summed E-state index contributed by atoms with van der Waals surface area (Å²) in [4.78, 5) is 6.48. The minimum Gasteiger partial charge on any atom is -0.463 e. The van der Waals surface area contributed by atoms with E-state index >= 15 is 0 Å². The highest BCUT2D eigenvalue weighted by molar-refractivity contribution is 6.18. The van der Waals surface area contributed by atoms with Crippen LogP contribution in [-0.2, 0) is 4.74 Å². The highest BCUT2D eigenvalue weighted by Crippen LogP contribution is 2.14. The highest BCUT2D eigenvalue weighted by Gasteiger charge is 2.19. The topological polar surface area (TPSA) is 24.8 Å². The van der Waals surface area contributed by atoms with E-state index in [0.717, 1.165) is 18.8 Å². The van der Waals surface area contributed by atoms with Crippen LogP contribution < -0.4 is 0 Å². The van der Waals surface area contributed by atoms with Crippen LogP contribution in [0.1, 0.15) is 0 Å². The van der Waals surface area contributed by atoms with Gasteiger partial charge in [-0.25, -0.2) is 0 Å². The van der Waals surface area contributed by atoms with Crippen LogP contribution in [0.25, 0.3) is 0 Å². The predicted octanol–water partition coefficient (Wildman–Crippen LogP) is 2.67. The fraction of sp³-hybridized carbons (Fsp3) is 0.364. The zero-order chi connectivity index (χ0) is 10.5. The fourth-order valence-corrected chi connectivity index (χ4v) is 1.66. The van der Waals surface area contributed by atoms with Crippen molar-refractivity contribution in [1.82, 2.24) is 4.90 Å². The number of nitrogens with zero attached hydrogens (tertiary/aromatic N) is 2. The number of hydrogen-bond donors (Lipinski definition) is 0. The molecule has 16 heavy (non-hydrogen) atoms. The number of alkyl halides is 1. The van der Waals surface area contributed by atoms with Crippen molar-refractivity contribution in [3.63, 3.8) is 0 Å². The van der Waals surface area contributed by atoms with Gasteiger partial charge in [0.05, 0.1) is 12.2 Å². The van der Waals surface area contributed by atoms with Crippen LogP contribution in [0.3, 0.4) is 0 Å². The average molecular weight is 261 g/mol. The summed E-state index contributed by atoms with van der Waals surface area (Å²) >= 11 is 5.70. The first-order valence-corrected chi connectivity index (χ1v) is 5.51. The van der Waals surface area contributed by atoms with E-state index in [4.69, 9.17) is 16.3 Å². The van der Waals surface area contributed by atoms with E-state index in [0.29, 0.717) is 18.5 Å². The number of ether oxygens (including phenoxy) is 1. The number of amidine groups is 1. The molecule has 0 radical (unpaired) electrons. The number of para-hydroxylation sites is 1. The summed E-state index contributed by atoms with van der Waals surface area (Å²) in [5, 5.41) is 0. The Morgan fingerprint density at radius 1 is 1.31 bits per heavy atom. The van der Waals surface area contributed by atoms with E-state index < -0.39 is 0 Å². The molecule has 1 aliphatic rings. The Morgan fingerprint density at radius 3 is 2.75 bits per heavy atom. The molecular formula is C11H14Cl2N2O. The molecular weight excluding hydrogens is 247 g/mol. The number of benzene rings is 1. The first kappa shape index (κ1) is 13.1. The van der Waals surface area contributed by atoms with E-state index in [1.54, 1.807) is 0 Å². The predicted molar refractivity (Wildman–Crippen MR) is 69.0 cm³/mol. The first-order valence-electron chi connectivity index (χ1n) is 4.97. The summed E-state index contributed by atoms with van der Waals surface area (Å²) in [6.07, 6.45) is 0. The van der Waals surface area contributed by atoms with Gasteiger partial charge >= 0.3 is 0 Å². The van der Waals surface area contributed by atoms with Gasteiger partial charge in [-0.3, -0.25) is 0 Å². The van der Waals surface area contributed by atoms with Crippen molar-refractivity contribution in [3.05, 3.63) is 30.3 Å². The molecule has 1 aliphatic heterocycles. The third-order valence-electron chi connectivity index (χ3n) is 2.20. The zero-order valence-electron chi connectivity index (χ0n) is 8.80. The molecule has 0 aliphatic carbocycles.